The smallest absolute Gasteiger partial charge is 0.234 e. The van der Waals surface area contributed by atoms with E-state index in [2.05, 4.69) is 20.5 Å². The summed E-state index contributed by atoms with van der Waals surface area (Å²) in [7, 11) is 0. The number of aromatic nitrogens is 4. The molecule has 1 aromatic carbocycles. The van der Waals surface area contributed by atoms with Crippen LogP contribution in [0.2, 0.25) is 5.02 Å². The number of thioether (sulfide) groups is 1. The predicted octanol–water partition coefficient (Wildman–Crippen LogP) is 3.05. The minimum Gasteiger partial charge on any atom is -0.335 e. The quantitative estimate of drug-likeness (QED) is 0.514. The molecule has 0 fully saturated rings. The third kappa shape index (κ3) is 3.97. The normalized spacial score (nSPS) is 10.7. The average Bonchev–Trinajstić information content (AvgIpc) is 2.98. The van der Waals surface area contributed by atoms with Gasteiger partial charge in [-0.15, -0.1) is 10.2 Å². The van der Waals surface area contributed by atoms with E-state index in [1.807, 2.05) is 32.0 Å². The van der Waals surface area contributed by atoms with E-state index in [0.29, 0.717) is 21.7 Å². The van der Waals surface area contributed by atoms with E-state index < -0.39 is 0 Å². The number of nitrogens with two attached hydrogens (primary N) is 1. The molecule has 0 atom stereocenters. The fourth-order valence-electron chi connectivity index (χ4n) is 2.45. The van der Waals surface area contributed by atoms with Crippen LogP contribution >= 0.6 is 23.4 Å². The van der Waals surface area contributed by atoms with E-state index in [9.17, 15) is 4.79 Å². The van der Waals surface area contributed by atoms with E-state index in [1.54, 1.807) is 18.5 Å². The van der Waals surface area contributed by atoms with Crippen LogP contribution in [0.15, 0.2) is 41.8 Å². The van der Waals surface area contributed by atoms with Gasteiger partial charge in [0.15, 0.2) is 5.82 Å². The number of nitrogen functional groups attached to an aromatic ring is 1. The molecule has 0 aliphatic heterocycles. The first-order chi connectivity index (χ1) is 12.5. The molecule has 2 aromatic heterocycles. The number of rotatable bonds is 5. The molecule has 9 heteroatoms. The summed E-state index contributed by atoms with van der Waals surface area (Å²) < 4.78 is 1.35. The number of hydrogen-bond acceptors (Lipinski definition) is 6. The number of hydrogen-bond donors (Lipinski definition) is 2. The fourth-order valence-corrected chi connectivity index (χ4v) is 3.47. The predicted molar refractivity (Wildman–Crippen MR) is 104 cm³/mol. The van der Waals surface area contributed by atoms with Crippen molar-refractivity contribution >= 4 is 35.0 Å². The third-order valence-electron chi connectivity index (χ3n) is 3.61. The molecule has 0 saturated heterocycles. The number of halogens is 1. The van der Waals surface area contributed by atoms with Crippen molar-refractivity contribution in [2.75, 3.05) is 16.9 Å². The van der Waals surface area contributed by atoms with E-state index in [1.165, 1.54) is 16.4 Å². The Morgan fingerprint density at radius 2 is 2.15 bits per heavy atom. The van der Waals surface area contributed by atoms with Gasteiger partial charge < -0.3 is 11.2 Å². The molecule has 134 valence electrons. The van der Waals surface area contributed by atoms with Gasteiger partial charge in [-0.1, -0.05) is 29.4 Å². The fraction of sp³-hybridized carbons (Fsp3) is 0.176. The summed E-state index contributed by atoms with van der Waals surface area (Å²) in [4.78, 5) is 16.3. The molecule has 0 aliphatic carbocycles. The molecule has 0 radical (unpaired) electrons. The molecule has 3 N–H and O–H groups in total. The number of anilines is 1. The molecule has 0 spiro atoms. The van der Waals surface area contributed by atoms with Gasteiger partial charge in [0.25, 0.3) is 0 Å². The molecule has 0 aliphatic rings. The van der Waals surface area contributed by atoms with Gasteiger partial charge in [-0.2, -0.15) is 0 Å². The molecular formula is C17H17ClN6OS. The summed E-state index contributed by atoms with van der Waals surface area (Å²) in [6, 6.07) is 7.40. The highest BCUT2D eigenvalue weighted by Gasteiger charge is 2.15. The van der Waals surface area contributed by atoms with Crippen LogP contribution in [0.3, 0.4) is 0 Å². The Kier molecular flexibility index (Phi) is 5.43. The summed E-state index contributed by atoms with van der Waals surface area (Å²) in [5.74, 6) is 6.45. The molecule has 26 heavy (non-hydrogen) atoms. The Morgan fingerprint density at radius 1 is 1.35 bits per heavy atom. The lowest BCUT2D eigenvalue weighted by Gasteiger charge is -2.11. The number of carbonyl (C=O) groups excluding carboxylic acids is 1. The number of amides is 1. The third-order valence-corrected chi connectivity index (χ3v) is 4.85. The van der Waals surface area contributed by atoms with Crippen LogP contribution in [0.25, 0.3) is 11.4 Å². The van der Waals surface area contributed by atoms with Crippen LogP contribution in [0.4, 0.5) is 5.69 Å². The molecule has 1 amide bonds. The van der Waals surface area contributed by atoms with Crippen LogP contribution in [-0.4, -0.2) is 31.5 Å². The lowest BCUT2D eigenvalue weighted by atomic mass is 10.1. The highest BCUT2D eigenvalue weighted by Crippen LogP contribution is 2.28. The zero-order valence-electron chi connectivity index (χ0n) is 14.2. The second-order valence-corrected chi connectivity index (χ2v) is 7.04. The molecule has 0 unspecified atom stereocenters. The molecule has 0 bridgehead atoms. The van der Waals surface area contributed by atoms with Crippen LogP contribution in [0.5, 0.6) is 0 Å². The SMILES string of the molecule is Cc1cc(C)c(NC(=O)CSc2nnc(-c3cccnc3)n2N)c(Cl)c1. The van der Waals surface area contributed by atoms with Gasteiger partial charge >= 0.3 is 0 Å². The summed E-state index contributed by atoms with van der Waals surface area (Å²) in [5.41, 5.74) is 3.32. The number of benzene rings is 1. The zero-order valence-corrected chi connectivity index (χ0v) is 15.8. The van der Waals surface area contributed by atoms with Crippen molar-refractivity contribution < 1.29 is 4.79 Å². The molecule has 2 heterocycles. The minimum absolute atomic E-state index is 0.131. The van der Waals surface area contributed by atoms with E-state index >= 15 is 0 Å². The first-order valence-electron chi connectivity index (χ1n) is 7.76. The number of nitrogens with zero attached hydrogens (tertiary/aromatic N) is 4. The first kappa shape index (κ1) is 18.2. The summed E-state index contributed by atoms with van der Waals surface area (Å²) in [6.45, 7) is 3.85. The Bertz CT molecular complexity index is 921. The zero-order chi connectivity index (χ0) is 18.7. The van der Waals surface area contributed by atoms with Gasteiger partial charge in [-0.25, -0.2) is 4.68 Å². The summed E-state index contributed by atoms with van der Waals surface area (Å²) in [5, 5.41) is 11.9. The van der Waals surface area contributed by atoms with Gasteiger partial charge in [0, 0.05) is 18.0 Å². The maximum absolute atomic E-state index is 12.3. The van der Waals surface area contributed by atoms with Crippen molar-refractivity contribution in [1.82, 2.24) is 19.9 Å². The van der Waals surface area contributed by atoms with Gasteiger partial charge in [0.05, 0.1) is 16.5 Å². The van der Waals surface area contributed by atoms with Gasteiger partial charge in [-0.05, 0) is 43.2 Å². The molecule has 3 aromatic rings. The Balaban J connectivity index is 1.67. The van der Waals surface area contributed by atoms with E-state index in [-0.39, 0.29) is 11.7 Å². The largest absolute Gasteiger partial charge is 0.335 e. The van der Waals surface area contributed by atoms with Crippen LogP contribution < -0.4 is 11.2 Å². The van der Waals surface area contributed by atoms with E-state index in [0.717, 1.165) is 16.7 Å². The highest BCUT2D eigenvalue weighted by atomic mass is 35.5. The van der Waals surface area contributed by atoms with E-state index in [4.69, 9.17) is 17.4 Å². The standard InChI is InChI=1S/C17H17ClN6OS/c1-10-6-11(2)15(13(18)7-10)21-14(25)9-26-17-23-22-16(24(17)19)12-4-3-5-20-8-12/h3-8H,9,19H2,1-2H3,(H,21,25). The number of nitrogens with one attached hydrogen (secondary N) is 1. The average molecular weight is 389 g/mol. The van der Waals surface area contributed by atoms with Crippen molar-refractivity contribution in [3.05, 3.63) is 52.8 Å². The van der Waals surface area contributed by atoms with Crippen molar-refractivity contribution in [1.29, 1.82) is 0 Å². The number of pyridine rings is 1. The monoisotopic (exact) mass is 388 g/mol. The van der Waals surface area contributed by atoms with Gasteiger partial charge in [0.1, 0.15) is 0 Å². The highest BCUT2D eigenvalue weighted by molar-refractivity contribution is 7.99. The van der Waals surface area contributed by atoms with Gasteiger partial charge in [-0.3, -0.25) is 9.78 Å². The van der Waals surface area contributed by atoms with Crippen molar-refractivity contribution in [3.63, 3.8) is 0 Å². The van der Waals surface area contributed by atoms with Crippen LogP contribution in [-0.2, 0) is 4.79 Å². The van der Waals surface area contributed by atoms with Crippen molar-refractivity contribution in [2.45, 2.75) is 19.0 Å². The summed E-state index contributed by atoms with van der Waals surface area (Å²) >= 11 is 7.41. The van der Waals surface area contributed by atoms with Crippen molar-refractivity contribution in [2.24, 2.45) is 0 Å². The lowest BCUT2D eigenvalue weighted by molar-refractivity contribution is -0.113. The Morgan fingerprint density at radius 3 is 2.85 bits per heavy atom. The maximum atomic E-state index is 12.3. The molecular weight excluding hydrogens is 372 g/mol. The second kappa shape index (κ2) is 7.76. The molecule has 0 saturated carbocycles. The topological polar surface area (TPSA) is 98.7 Å². The number of aryl methyl sites for hydroxylation is 2. The van der Waals surface area contributed by atoms with Crippen LogP contribution in [0, 0.1) is 13.8 Å². The first-order valence-corrected chi connectivity index (χ1v) is 9.12. The van der Waals surface area contributed by atoms with Crippen molar-refractivity contribution in [3.8, 4) is 11.4 Å². The maximum Gasteiger partial charge on any atom is 0.234 e. The Hall–Kier alpha value is -2.58. The lowest BCUT2D eigenvalue weighted by Crippen LogP contribution is -2.17. The molecule has 7 nitrogen and oxygen atoms in total. The van der Waals surface area contributed by atoms with Crippen LogP contribution in [0.1, 0.15) is 11.1 Å². The van der Waals surface area contributed by atoms with Gasteiger partial charge in [0.2, 0.25) is 11.1 Å². The number of carbonyl (C=O) groups is 1. The second-order valence-electron chi connectivity index (χ2n) is 5.69. The summed E-state index contributed by atoms with van der Waals surface area (Å²) in [6.07, 6.45) is 3.32. The molecule has 3 rings (SSSR count). The minimum atomic E-state index is -0.199. The Labute approximate surface area is 159 Å².